The first-order valence-electron chi connectivity index (χ1n) is 12.6. The molecule has 0 atom stereocenters. The molecule has 0 bridgehead atoms. The number of aryl methyl sites for hydroxylation is 2. The number of ether oxygens (including phenoxy) is 2. The van der Waals surface area contributed by atoms with E-state index in [0.29, 0.717) is 11.4 Å². The van der Waals surface area contributed by atoms with Crippen LogP contribution < -0.4 is 10.2 Å². The first-order chi connectivity index (χ1) is 18.2. The van der Waals surface area contributed by atoms with Crippen LogP contribution in [0.3, 0.4) is 0 Å². The second-order valence-electron chi connectivity index (χ2n) is 11.2. The van der Waals surface area contributed by atoms with Gasteiger partial charge in [-0.3, -0.25) is 0 Å². The van der Waals surface area contributed by atoms with Gasteiger partial charge in [-0.1, -0.05) is 23.8 Å². The minimum Gasteiger partial charge on any atom is -0.443 e. The number of benzene rings is 1. The van der Waals surface area contributed by atoms with Crippen molar-refractivity contribution in [3.05, 3.63) is 66.0 Å². The Kier molecular flexibility index (Phi) is 7.32. The van der Waals surface area contributed by atoms with Crippen molar-refractivity contribution >= 4 is 35.2 Å². The Morgan fingerprint density at radius 3 is 2.08 bits per heavy atom. The molecule has 204 valence electrons. The molecule has 0 radical (unpaired) electrons. The fraction of sp³-hybridized carbons (Fsp3) is 0.345. The van der Waals surface area contributed by atoms with Crippen LogP contribution in [0.2, 0.25) is 0 Å². The Morgan fingerprint density at radius 2 is 1.49 bits per heavy atom. The van der Waals surface area contributed by atoms with Crippen LogP contribution in [0, 0.1) is 13.8 Å². The van der Waals surface area contributed by atoms with E-state index in [2.05, 4.69) is 15.4 Å². The number of aromatic nitrogens is 4. The number of nitrogens with one attached hydrogen (secondary N) is 1. The lowest BCUT2D eigenvalue weighted by atomic mass is 10.1. The molecule has 39 heavy (non-hydrogen) atoms. The highest BCUT2D eigenvalue weighted by Gasteiger charge is 2.34. The number of anilines is 3. The zero-order valence-corrected chi connectivity index (χ0v) is 23.6. The molecule has 4 aromatic rings. The van der Waals surface area contributed by atoms with Gasteiger partial charge >= 0.3 is 12.2 Å². The van der Waals surface area contributed by atoms with E-state index < -0.39 is 23.4 Å². The molecule has 4 rings (SSSR count). The molecule has 0 aliphatic heterocycles. The topological polar surface area (TPSA) is 111 Å². The van der Waals surface area contributed by atoms with E-state index in [1.165, 1.54) is 0 Å². The third-order valence-electron chi connectivity index (χ3n) is 5.37. The van der Waals surface area contributed by atoms with Gasteiger partial charge in [0.25, 0.3) is 0 Å². The van der Waals surface area contributed by atoms with Crippen LogP contribution in [0.1, 0.15) is 52.8 Å². The second-order valence-corrected chi connectivity index (χ2v) is 11.2. The summed E-state index contributed by atoms with van der Waals surface area (Å²) in [7, 11) is 0. The van der Waals surface area contributed by atoms with Gasteiger partial charge in [0, 0.05) is 23.5 Å². The number of hydrogen-bond acceptors (Lipinski definition) is 8. The maximum Gasteiger partial charge on any atom is 0.425 e. The SMILES string of the molecule is Cc1ccc(Nc2nc(-c3c(C)nn4ccccc34)cc(N(C(=O)OC(C)(C)C)C(=O)OC(C)(C)C)n2)cc1. The third-order valence-corrected chi connectivity index (χ3v) is 5.37. The number of rotatable bonds is 4. The Morgan fingerprint density at radius 1 is 0.872 bits per heavy atom. The van der Waals surface area contributed by atoms with E-state index in [4.69, 9.17) is 14.5 Å². The zero-order valence-electron chi connectivity index (χ0n) is 23.6. The van der Waals surface area contributed by atoms with Gasteiger partial charge in [-0.05, 0) is 79.7 Å². The molecule has 0 aliphatic rings. The van der Waals surface area contributed by atoms with Crippen molar-refractivity contribution in [1.29, 1.82) is 0 Å². The van der Waals surface area contributed by atoms with Gasteiger partial charge in [-0.15, -0.1) is 0 Å². The average Bonchev–Trinajstić information content (AvgIpc) is 3.14. The summed E-state index contributed by atoms with van der Waals surface area (Å²) >= 11 is 0. The van der Waals surface area contributed by atoms with Gasteiger partial charge in [0.15, 0.2) is 5.82 Å². The molecule has 10 heteroatoms. The predicted octanol–water partition coefficient (Wildman–Crippen LogP) is 6.83. The van der Waals surface area contributed by atoms with Crippen molar-refractivity contribution in [3.63, 3.8) is 0 Å². The fourth-order valence-electron chi connectivity index (χ4n) is 3.81. The van der Waals surface area contributed by atoms with Gasteiger partial charge in [0.05, 0.1) is 16.9 Å². The van der Waals surface area contributed by atoms with Crippen LogP contribution in [-0.4, -0.2) is 43.0 Å². The normalized spacial score (nSPS) is 11.8. The van der Waals surface area contributed by atoms with Gasteiger partial charge in [0.1, 0.15) is 11.2 Å². The summed E-state index contributed by atoms with van der Waals surface area (Å²) in [6.07, 6.45) is 0.00569. The highest BCUT2D eigenvalue weighted by molar-refractivity contribution is 6.09. The Bertz CT molecular complexity index is 1490. The number of nitrogens with zero attached hydrogens (tertiary/aromatic N) is 5. The zero-order chi connectivity index (χ0) is 28.5. The smallest absolute Gasteiger partial charge is 0.425 e. The number of amides is 2. The molecule has 1 N–H and O–H groups in total. The molecule has 0 spiro atoms. The molecule has 0 saturated carbocycles. The lowest BCUT2D eigenvalue weighted by Gasteiger charge is -2.28. The van der Waals surface area contributed by atoms with Crippen molar-refractivity contribution in [2.45, 2.75) is 66.6 Å². The number of carbonyl (C=O) groups excluding carboxylic acids is 2. The summed E-state index contributed by atoms with van der Waals surface area (Å²) in [5, 5.41) is 7.78. The number of imide groups is 1. The monoisotopic (exact) mass is 530 g/mol. The summed E-state index contributed by atoms with van der Waals surface area (Å²) in [6, 6.07) is 15.0. The van der Waals surface area contributed by atoms with Crippen molar-refractivity contribution in [1.82, 2.24) is 19.6 Å². The van der Waals surface area contributed by atoms with Gasteiger partial charge in [-0.25, -0.2) is 19.1 Å². The number of fused-ring (bicyclic) bond motifs is 1. The maximum atomic E-state index is 13.4. The van der Waals surface area contributed by atoms with Gasteiger partial charge in [0.2, 0.25) is 5.95 Å². The highest BCUT2D eigenvalue weighted by Crippen LogP contribution is 2.32. The van der Waals surface area contributed by atoms with E-state index in [1.54, 1.807) is 52.1 Å². The molecule has 2 amide bonds. The number of carbonyl (C=O) groups is 2. The van der Waals surface area contributed by atoms with E-state index in [0.717, 1.165) is 27.2 Å². The maximum absolute atomic E-state index is 13.4. The van der Waals surface area contributed by atoms with Crippen LogP contribution in [0.5, 0.6) is 0 Å². The summed E-state index contributed by atoms with van der Waals surface area (Å²) in [4.78, 5) is 36.8. The Hall–Kier alpha value is -4.47. The number of hydrogen-bond donors (Lipinski definition) is 1. The Labute approximate surface area is 228 Å². The summed E-state index contributed by atoms with van der Waals surface area (Å²) in [5.41, 5.74) is 2.82. The lowest BCUT2D eigenvalue weighted by Crippen LogP contribution is -2.44. The summed E-state index contributed by atoms with van der Waals surface area (Å²) in [6.45, 7) is 14.2. The van der Waals surface area contributed by atoms with Crippen LogP contribution in [0.25, 0.3) is 16.8 Å². The molecular formula is C29H34N6O4. The van der Waals surface area contributed by atoms with Crippen LogP contribution in [0.4, 0.5) is 27.0 Å². The minimum absolute atomic E-state index is 0.00667. The highest BCUT2D eigenvalue weighted by atomic mass is 16.6. The fourth-order valence-corrected chi connectivity index (χ4v) is 3.81. The van der Waals surface area contributed by atoms with E-state index in [-0.39, 0.29) is 11.8 Å². The van der Waals surface area contributed by atoms with Gasteiger partial charge in [-0.2, -0.15) is 15.0 Å². The standard InChI is InChI=1S/C29H34N6O4/c1-18-12-14-20(15-13-18)30-25-31-21(24-19(2)33-34-16-10-9-11-22(24)34)17-23(32-25)35(26(36)38-28(3,4)5)27(37)39-29(6,7)8/h9-17H,1-8H3,(H,30,31,32). The molecular weight excluding hydrogens is 496 g/mol. The molecule has 3 aromatic heterocycles. The summed E-state index contributed by atoms with van der Waals surface area (Å²) in [5.74, 6) is 0.172. The van der Waals surface area contributed by atoms with E-state index >= 15 is 0 Å². The molecule has 0 saturated heterocycles. The largest absolute Gasteiger partial charge is 0.443 e. The van der Waals surface area contributed by atoms with E-state index in [1.807, 2.05) is 62.5 Å². The third kappa shape index (κ3) is 6.70. The van der Waals surface area contributed by atoms with Crippen molar-refractivity contribution in [2.75, 3.05) is 10.2 Å². The van der Waals surface area contributed by atoms with Crippen molar-refractivity contribution < 1.29 is 19.1 Å². The quantitative estimate of drug-likeness (QED) is 0.306. The predicted molar refractivity (Wildman–Crippen MR) is 150 cm³/mol. The molecule has 0 fully saturated rings. The lowest BCUT2D eigenvalue weighted by molar-refractivity contribution is 0.0429. The first kappa shape index (κ1) is 27.6. The second kappa shape index (κ2) is 10.4. The molecule has 1 aromatic carbocycles. The molecule has 3 heterocycles. The van der Waals surface area contributed by atoms with Crippen LogP contribution in [0.15, 0.2) is 54.7 Å². The average molecular weight is 531 g/mol. The van der Waals surface area contributed by atoms with Crippen molar-refractivity contribution in [3.8, 4) is 11.3 Å². The molecule has 10 nitrogen and oxygen atoms in total. The van der Waals surface area contributed by atoms with Crippen LogP contribution >= 0.6 is 0 Å². The van der Waals surface area contributed by atoms with Crippen molar-refractivity contribution in [2.24, 2.45) is 0 Å². The van der Waals surface area contributed by atoms with Gasteiger partial charge < -0.3 is 14.8 Å². The van der Waals surface area contributed by atoms with Crippen LogP contribution in [-0.2, 0) is 9.47 Å². The first-order valence-corrected chi connectivity index (χ1v) is 12.6. The van der Waals surface area contributed by atoms with E-state index in [9.17, 15) is 9.59 Å². The summed E-state index contributed by atoms with van der Waals surface area (Å²) < 4.78 is 12.9. The minimum atomic E-state index is -0.917. The number of pyridine rings is 1. The molecule has 0 aliphatic carbocycles. The molecule has 0 unspecified atom stereocenters. The Balaban J connectivity index is 1.91.